The summed E-state index contributed by atoms with van der Waals surface area (Å²) >= 11 is 0. The van der Waals surface area contributed by atoms with E-state index in [9.17, 15) is 19.2 Å². The average Bonchev–Trinajstić information content (AvgIpc) is 3.57. The molecular formula is C35H45N7O7. The van der Waals surface area contributed by atoms with Crippen molar-refractivity contribution in [2.75, 3.05) is 26.2 Å². The first-order valence-corrected chi connectivity index (χ1v) is 16.7. The molecule has 0 saturated carbocycles. The third kappa shape index (κ3) is 9.34. The van der Waals surface area contributed by atoms with Crippen molar-refractivity contribution in [2.45, 2.75) is 83.1 Å². The molecule has 14 nitrogen and oxygen atoms in total. The smallest absolute Gasteiger partial charge is 0.264 e. The van der Waals surface area contributed by atoms with Gasteiger partial charge in [0.25, 0.3) is 5.91 Å². The number of hydrogen-bond acceptors (Lipinski definition) is 10. The maximum Gasteiger partial charge on any atom is 0.264 e. The van der Waals surface area contributed by atoms with Crippen molar-refractivity contribution < 1.29 is 33.1 Å². The van der Waals surface area contributed by atoms with Gasteiger partial charge in [-0.25, -0.2) is 0 Å². The first-order valence-electron chi connectivity index (χ1n) is 16.7. The molecule has 0 aliphatic carbocycles. The summed E-state index contributed by atoms with van der Waals surface area (Å²) in [5.74, 6) is 0.289. The number of hydrogen-bond donors (Lipinski definition) is 4. The van der Waals surface area contributed by atoms with Crippen molar-refractivity contribution in [1.82, 2.24) is 36.4 Å². The number of rotatable bonds is 5. The lowest BCUT2D eigenvalue weighted by Gasteiger charge is -2.40. The monoisotopic (exact) mass is 675 g/mol. The zero-order valence-electron chi connectivity index (χ0n) is 28.4. The van der Waals surface area contributed by atoms with Gasteiger partial charge in [0.2, 0.25) is 29.5 Å². The Morgan fingerprint density at radius 2 is 1.51 bits per heavy atom. The molecule has 4 amide bonds. The van der Waals surface area contributed by atoms with Crippen LogP contribution in [0.4, 0.5) is 0 Å². The Kier molecular flexibility index (Phi) is 11.5. The number of piperidine rings is 1. The fourth-order valence-electron chi connectivity index (χ4n) is 5.66. The highest BCUT2D eigenvalue weighted by Gasteiger charge is 2.45. The van der Waals surface area contributed by atoms with Gasteiger partial charge in [0, 0.05) is 38.3 Å². The van der Waals surface area contributed by atoms with Crippen LogP contribution >= 0.6 is 0 Å². The van der Waals surface area contributed by atoms with E-state index < -0.39 is 47.4 Å². The van der Waals surface area contributed by atoms with E-state index in [0.29, 0.717) is 55.8 Å². The fraction of sp³-hybridized carbons (Fsp3) is 0.486. The number of fused-ring (bicyclic) bond motifs is 15. The minimum absolute atomic E-state index is 0.118. The van der Waals surface area contributed by atoms with Crippen LogP contribution in [0.1, 0.15) is 63.8 Å². The third-order valence-electron chi connectivity index (χ3n) is 8.63. The molecule has 2 aromatic carbocycles. The van der Waals surface area contributed by atoms with E-state index in [4.69, 9.17) is 13.9 Å². The topological polar surface area (TPSA) is 177 Å². The summed E-state index contributed by atoms with van der Waals surface area (Å²) in [5, 5.41) is 19.4. The van der Waals surface area contributed by atoms with E-state index in [1.165, 1.54) is 0 Å². The summed E-state index contributed by atoms with van der Waals surface area (Å²) in [7, 11) is 0. The highest BCUT2D eigenvalue weighted by atomic mass is 16.5. The first-order chi connectivity index (χ1) is 23.5. The number of benzene rings is 2. The third-order valence-corrected chi connectivity index (χ3v) is 8.63. The van der Waals surface area contributed by atoms with Crippen molar-refractivity contribution in [3.8, 4) is 11.5 Å². The second-order valence-electron chi connectivity index (χ2n) is 12.8. The van der Waals surface area contributed by atoms with E-state index in [2.05, 4.69) is 36.4 Å². The van der Waals surface area contributed by atoms with Crippen LogP contribution in [-0.4, -0.2) is 88.7 Å². The Bertz CT molecular complexity index is 1590. The molecule has 0 radical (unpaired) electrons. The van der Waals surface area contributed by atoms with Crippen LogP contribution in [0.25, 0.3) is 0 Å². The van der Waals surface area contributed by atoms with Gasteiger partial charge in [-0.3, -0.25) is 24.1 Å². The predicted molar refractivity (Wildman–Crippen MR) is 178 cm³/mol. The maximum absolute atomic E-state index is 14.1. The van der Waals surface area contributed by atoms with Crippen molar-refractivity contribution in [3.05, 3.63) is 71.9 Å². The number of ether oxygens (including phenoxy) is 2. The zero-order chi connectivity index (χ0) is 35.0. The number of aromatic nitrogens is 2. The van der Waals surface area contributed by atoms with Crippen molar-refractivity contribution in [1.29, 1.82) is 0 Å². The molecule has 1 aromatic heterocycles. The molecule has 3 aliphatic rings. The van der Waals surface area contributed by atoms with Gasteiger partial charge in [0.05, 0.1) is 13.1 Å². The summed E-state index contributed by atoms with van der Waals surface area (Å²) in [6, 6.07) is 13.2. The second kappa shape index (κ2) is 15.9. The van der Waals surface area contributed by atoms with Crippen LogP contribution in [0, 0.1) is 0 Å². The number of carbonyl (C=O) groups excluding carboxylic acids is 4. The Hall–Kier alpha value is -4.98. The molecule has 262 valence electrons. The first kappa shape index (κ1) is 35.3. The second-order valence-corrected chi connectivity index (χ2v) is 12.8. The molecule has 4 N–H and O–H groups in total. The van der Waals surface area contributed by atoms with Crippen LogP contribution in [0.5, 0.6) is 11.5 Å². The lowest BCUT2D eigenvalue weighted by Crippen LogP contribution is -2.61. The van der Waals surface area contributed by atoms with Gasteiger partial charge in [-0.1, -0.05) is 44.2 Å². The number of carbonyl (C=O) groups is 4. The summed E-state index contributed by atoms with van der Waals surface area (Å²) in [6.07, 6.45) is 0.832. The Labute approximate surface area is 285 Å². The molecule has 1 spiro atoms. The Morgan fingerprint density at radius 1 is 0.837 bits per heavy atom. The van der Waals surface area contributed by atoms with Crippen LogP contribution in [0.2, 0.25) is 0 Å². The van der Waals surface area contributed by atoms with Crippen molar-refractivity contribution in [2.24, 2.45) is 0 Å². The highest BCUT2D eigenvalue weighted by molar-refractivity contribution is 5.95. The molecule has 3 atom stereocenters. The minimum atomic E-state index is -1.29. The molecule has 4 heterocycles. The summed E-state index contributed by atoms with van der Waals surface area (Å²) < 4.78 is 18.0. The van der Waals surface area contributed by atoms with Gasteiger partial charge in [0.15, 0.2) is 5.60 Å². The molecule has 3 aliphatic heterocycles. The minimum Gasteiger partial charge on any atom is -0.492 e. The molecule has 1 saturated heterocycles. The van der Waals surface area contributed by atoms with E-state index in [1.54, 1.807) is 38.1 Å². The lowest BCUT2D eigenvalue weighted by atomic mass is 9.89. The quantitative estimate of drug-likeness (QED) is 0.292. The van der Waals surface area contributed by atoms with E-state index in [-0.39, 0.29) is 25.5 Å². The molecule has 2 bridgehead atoms. The number of nitrogens with one attached hydrogen (secondary N) is 4. The van der Waals surface area contributed by atoms with Gasteiger partial charge in [-0.15, -0.1) is 10.2 Å². The molecular weight excluding hydrogens is 630 g/mol. The molecule has 14 heteroatoms. The molecule has 6 rings (SSSR count). The largest absolute Gasteiger partial charge is 0.492 e. The summed E-state index contributed by atoms with van der Waals surface area (Å²) in [5.41, 5.74) is -0.471. The molecule has 3 aromatic rings. The molecule has 49 heavy (non-hydrogen) atoms. The highest BCUT2D eigenvalue weighted by Crippen LogP contribution is 2.31. The van der Waals surface area contributed by atoms with E-state index >= 15 is 0 Å². The van der Waals surface area contributed by atoms with Gasteiger partial charge in [-0.05, 0) is 43.7 Å². The van der Waals surface area contributed by atoms with Crippen molar-refractivity contribution in [3.63, 3.8) is 0 Å². The lowest BCUT2D eigenvalue weighted by molar-refractivity contribution is -0.144. The maximum atomic E-state index is 14.1. The van der Waals surface area contributed by atoms with E-state index in [1.807, 2.05) is 44.2 Å². The van der Waals surface area contributed by atoms with Gasteiger partial charge < -0.3 is 35.2 Å². The van der Waals surface area contributed by atoms with Crippen LogP contribution in [-0.2, 0) is 32.1 Å². The Balaban J connectivity index is 1.36. The van der Waals surface area contributed by atoms with E-state index in [0.717, 1.165) is 5.56 Å². The standard InChI is InChI=1S/C35H45N7O7/c1-22(2)33-41-40-29(48-33)21-42-17-14-35(15-18-42)34(46)38-24(4)31(44)39-28(20-25-8-6-5-7-9-25)32(45)37-23(3)30(43)36-16-19-47-26-10-12-27(49-35)13-11-26/h5-13,22-24,28H,14-21H2,1-4H3,(H,36,43)(H,37,45)(H,38,46)(H,39,44)/t23-,24-,28-/m0/s1. The normalized spacial score (nSPS) is 22.8. The summed E-state index contributed by atoms with van der Waals surface area (Å²) in [6.45, 7) is 8.93. The number of amides is 4. The van der Waals surface area contributed by atoms with Gasteiger partial charge >= 0.3 is 0 Å². The predicted octanol–water partition coefficient (Wildman–Crippen LogP) is 1.85. The molecule has 1 fully saturated rings. The SMILES string of the molecule is CC(C)c1nnc(CN2CCC3(CC2)Oc2ccc(cc2)OCCNC(=O)[C@H](C)NC(=O)[C@H](Cc2ccccc2)NC(=O)[C@H](C)NC3=O)o1. The van der Waals surface area contributed by atoms with Crippen molar-refractivity contribution >= 4 is 23.6 Å². The van der Waals surface area contributed by atoms with Crippen LogP contribution in [0.15, 0.2) is 59.0 Å². The Morgan fingerprint density at radius 3 is 2.18 bits per heavy atom. The fourth-order valence-corrected chi connectivity index (χ4v) is 5.66. The van der Waals surface area contributed by atoms with Crippen LogP contribution in [0.3, 0.4) is 0 Å². The average molecular weight is 676 g/mol. The zero-order valence-corrected chi connectivity index (χ0v) is 28.4. The van der Waals surface area contributed by atoms with Gasteiger partial charge in [0.1, 0.15) is 36.2 Å². The molecule has 0 unspecified atom stereocenters. The number of likely N-dealkylation sites (tertiary alicyclic amines) is 1. The van der Waals surface area contributed by atoms with Crippen LogP contribution < -0.4 is 30.7 Å². The van der Waals surface area contributed by atoms with Gasteiger partial charge in [-0.2, -0.15) is 0 Å². The summed E-state index contributed by atoms with van der Waals surface area (Å²) in [4.78, 5) is 55.8. The number of nitrogens with zero attached hydrogens (tertiary/aromatic N) is 3.